The number of halogens is 2. The molecule has 2 rings (SSSR count). The van der Waals surface area contributed by atoms with Crippen LogP contribution in [0.2, 0.25) is 5.02 Å². The average molecular weight is 310 g/mol. The van der Waals surface area contributed by atoms with Gasteiger partial charge in [0.1, 0.15) is 5.82 Å². The van der Waals surface area contributed by atoms with Gasteiger partial charge >= 0.3 is 0 Å². The third-order valence-corrected chi connectivity index (χ3v) is 3.82. The second kappa shape index (κ2) is 7.05. The van der Waals surface area contributed by atoms with Gasteiger partial charge in [-0.25, -0.2) is 4.39 Å². The van der Waals surface area contributed by atoms with Gasteiger partial charge in [0, 0.05) is 24.8 Å². The van der Waals surface area contributed by atoms with E-state index in [1.54, 1.807) is 22.9 Å². The van der Waals surface area contributed by atoms with Gasteiger partial charge in [-0.05, 0) is 37.9 Å². The number of nitrogens with zero attached hydrogens (tertiary/aromatic N) is 2. The standard InChI is InChI=1S/C16H21ClFN3/c1-4-8-19-15(13-10-21(3)20-11(13)2)9-12-6-5-7-14(17)16(12)18/h5-7,10,15,19H,4,8-9H2,1-3H3. The van der Waals surface area contributed by atoms with E-state index in [1.807, 2.05) is 20.2 Å². The normalized spacial score (nSPS) is 12.6. The fourth-order valence-corrected chi connectivity index (χ4v) is 2.69. The first-order valence-electron chi connectivity index (χ1n) is 7.19. The Balaban J connectivity index is 2.28. The molecule has 0 aliphatic heterocycles. The zero-order valence-corrected chi connectivity index (χ0v) is 13.4. The molecule has 1 heterocycles. The lowest BCUT2D eigenvalue weighted by Crippen LogP contribution is -2.24. The lowest BCUT2D eigenvalue weighted by Gasteiger charge is -2.19. The Kier molecular flexibility index (Phi) is 5.37. The predicted molar refractivity (Wildman–Crippen MR) is 84.1 cm³/mol. The molecule has 0 radical (unpaired) electrons. The van der Waals surface area contributed by atoms with Crippen molar-refractivity contribution in [1.82, 2.24) is 15.1 Å². The van der Waals surface area contributed by atoms with E-state index < -0.39 is 0 Å². The maximum Gasteiger partial charge on any atom is 0.145 e. The van der Waals surface area contributed by atoms with Crippen molar-refractivity contribution in [2.45, 2.75) is 32.7 Å². The minimum Gasteiger partial charge on any atom is -0.310 e. The van der Waals surface area contributed by atoms with Crippen molar-refractivity contribution in [3.63, 3.8) is 0 Å². The van der Waals surface area contributed by atoms with E-state index in [1.165, 1.54) is 0 Å². The van der Waals surface area contributed by atoms with Crippen molar-refractivity contribution < 1.29 is 4.39 Å². The van der Waals surface area contributed by atoms with Crippen LogP contribution in [-0.2, 0) is 13.5 Å². The molecule has 5 heteroatoms. The van der Waals surface area contributed by atoms with E-state index >= 15 is 0 Å². The lowest BCUT2D eigenvalue weighted by molar-refractivity contribution is 0.511. The highest BCUT2D eigenvalue weighted by atomic mass is 35.5. The van der Waals surface area contributed by atoms with Crippen molar-refractivity contribution in [1.29, 1.82) is 0 Å². The second-order valence-electron chi connectivity index (χ2n) is 5.27. The Morgan fingerprint density at radius 2 is 2.19 bits per heavy atom. The van der Waals surface area contributed by atoms with Gasteiger partial charge in [0.25, 0.3) is 0 Å². The highest BCUT2D eigenvalue weighted by molar-refractivity contribution is 6.30. The molecule has 0 aliphatic rings. The van der Waals surface area contributed by atoms with Crippen LogP contribution >= 0.6 is 11.6 Å². The Morgan fingerprint density at radius 3 is 2.81 bits per heavy atom. The maximum absolute atomic E-state index is 14.1. The van der Waals surface area contributed by atoms with Gasteiger partial charge in [0.2, 0.25) is 0 Å². The summed E-state index contributed by atoms with van der Waals surface area (Å²) in [6, 6.07) is 5.18. The van der Waals surface area contributed by atoms with Gasteiger partial charge in [0.05, 0.1) is 10.7 Å². The first kappa shape index (κ1) is 16.0. The van der Waals surface area contributed by atoms with Crippen LogP contribution in [0.1, 0.15) is 36.2 Å². The van der Waals surface area contributed by atoms with Gasteiger partial charge < -0.3 is 5.32 Å². The summed E-state index contributed by atoms with van der Waals surface area (Å²) in [7, 11) is 1.90. The monoisotopic (exact) mass is 309 g/mol. The molecule has 114 valence electrons. The highest BCUT2D eigenvalue weighted by Gasteiger charge is 2.19. The molecule has 1 N–H and O–H groups in total. The van der Waals surface area contributed by atoms with Crippen LogP contribution in [0.25, 0.3) is 0 Å². The average Bonchev–Trinajstić information content (AvgIpc) is 2.78. The molecule has 0 fully saturated rings. The number of hydrogen-bond donors (Lipinski definition) is 1. The van der Waals surface area contributed by atoms with Crippen LogP contribution in [-0.4, -0.2) is 16.3 Å². The largest absolute Gasteiger partial charge is 0.310 e. The molecule has 0 aliphatic carbocycles. The van der Waals surface area contributed by atoms with Crippen molar-refractivity contribution in [2.75, 3.05) is 6.54 Å². The summed E-state index contributed by atoms with van der Waals surface area (Å²) in [5.74, 6) is -0.330. The Labute approximate surface area is 130 Å². The Hall–Kier alpha value is -1.39. The molecule has 0 amide bonds. The van der Waals surface area contributed by atoms with Crippen LogP contribution in [0.5, 0.6) is 0 Å². The number of nitrogens with one attached hydrogen (secondary N) is 1. The Morgan fingerprint density at radius 1 is 1.43 bits per heavy atom. The summed E-state index contributed by atoms with van der Waals surface area (Å²) in [4.78, 5) is 0. The first-order valence-corrected chi connectivity index (χ1v) is 7.57. The molecule has 1 unspecified atom stereocenters. The van der Waals surface area contributed by atoms with Gasteiger partial charge in [-0.2, -0.15) is 5.10 Å². The molecular weight excluding hydrogens is 289 g/mol. The van der Waals surface area contributed by atoms with Crippen LogP contribution in [0.3, 0.4) is 0 Å². The molecule has 2 aromatic rings. The van der Waals surface area contributed by atoms with Crippen LogP contribution < -0.4 is 5.32 Å². The molecule has 0 saturated carbocycles. The maximum atomic E-state index is 14.1. The summed E-state index contributed by atoms with van der Waals surface area (Å²) in [5.41, 5.74) is 2.69. The smallest absolute Gasteiger partial charge is 0.145 e. The van der Waals surface area contributed by atoms with Crippen LogP contribution in [0.4, 0.5) is 4.39 Å². The molecule has 0 saturated heterocycles. The first-order chi connectivity index (χ1) is 10.0. The number of hydrogen-bond acceptors (Lipinski definition) is 2. The topological polar surface area (TPSA) is 29.9 Å². The van der Waals surface area contributed by atoms with Gasteiger partial charge in [-0.15, -0.1) is 0 Å². The fourth-order valence-electron chi connectivity index (χ4n) is 2.50. The summed E-state index contributed by atoms with van der Waals surface area (Å²) in [6.07, 6.45) is 3.57. The number of aryl methyl sites for hydroxylation is 2. The molecule has 21 heavy (non-hydrogen) atoms. The minimum atomic E-state index is -0.330. The van der Waals surface area contributed by atoms with E-state index in [4.69, 9.17) is 11.6 Å². The van der Waals surface area contributed by atoms with E-state index in [0.29, 0.717) is 12.0 Å². The minimum absolute atomic E-state index is 0.0339. The fraction of sp³-hybridized carbons (Fsp3) is 0.438. The zero-order chi connectivity index (χ0) is 15.4. The molecule has 1 aromatic carbocycles. The summed E-state index contributed by atoms with van der Waals surface area (Å²) in [5, 5.41) is 8.02. The molecule has 1 aromatic heterocycles. The third kappa shape index (κ3) is 3.83. The van der Waals surface area contributed by atoms with E-state index in [-0.39, 0.29) is 16.9 Å². The SMILES string of the molecule is CCCNC(Cc1cccc(Cl)c1F)c1cn(C)nc1C. The number of rotatable bonds is 6. The number of benzene rings is 1. The molecule has 0 spiro atoms. The second-order valence-corrected chi connectivity index (χ2v) is 5.67. The summed E-state index contributed by atoms with van der Waals surface area (Å²) < 4.78 is 15.9. The Bertz CT molecular complexity index is 610. The summed E-state index contributed by atoms with van der Waals surface area (Å²) >= 11 is 5.87. The van der Waals surface area contributed by atoms with E-state index in [2.05, 4.69) is 17.3 Å². The van der Waals surface area contributed by atoms with Gasteiger partial charge in [0.15, 0.2) is 0 Å². The van der Waals surface area contributed by atoms with Crippen molar-refractivity contribution in [2.24, 2.45) is 7.05 Å². The zero-order valence-electron chi connectivity index (χ0n) is 12.7. The van der Waals surface area contributed by atoms with Gasteiger partial charge in [-0.3, -0.25) is 4.68 Å². The van der Waals surface area contributed by atoms with E-state index in [9.17, 15) is 4.39 Å². The molecule has 1 atom stereocenters. The van der Waals surface area contributed by atoms with Gasteiger partial charge in [-0.1, -0.05) is 30.7 Å². The number of aromatic nitrogens is 2. The van der Waals surface area contributed by atoms with Crippen molar-refractivity contribution in [3.8, 4) is 0 Å². The molecule has 0 bridgehead atoms. The quantitative estimate of drug-likeness (QED) is 0.879. The molecule has 3 nitrogen and oxygen atoms in total. The molecular formula is C16H21ClFN3. The highest BCUT2D eigenvalue weighted by Crippen LogP contribution is 2.25. The van der Waals surface area contributed by atoms with E-state index in [0.717, 1.165) is 24.2 Å². The van der Waals surface area contributed by atoms with Crippen LogP contribution in [0.15, 0.2) is 24.4 Å². The lowest BCUT2D eigenvalue weighted by atomic mass is 9.99. The van der Waals surface area contributed by atoms with Crippen LogP contribution in [0, 0.1) is 12.7 Å². The third-order valence-electron chi connectivity index (χ3n) is 3.52. The van der Waals surface area contributed by atoms with Crippen molar-refractivity contribution >= 4 is 11.6 Å². The predicted octanol–water partition coefficient (Wildman–Crippen LogP) is 3.80. The summed E-state index contributed by atoms with van der Waals surface area (Å²) in [6.45, 7) is 4.96. The van der Waals surface area contributed by atoms with Crippen molar-refractivity contribution in [3.05, 3.63) is 52.1 Å².